The predicted octanol–water partition coefficient (Wildman–Crippen LogP) is 1.74. The number of carbonyl (C=O) groups excluding carboxylic acids is 1. The Balaban J connectivity index is 1.60. The number of aromatic nitrogens is 4. The van der Waals surface area contributed by atoms with Crippen molar-refractivity contribution in [3.05, 3.63) is 30.0 Å². The smallest absolute Gasteiger partial charge is 0.221 e. The molecule has 3 N–H and O–H groups in total. The van der Waals surface area contributed by atoms with Gasteiger partial charge in [0.05, 0.1) is 29.9 Å². The second kappa shape index (κ2) is 6.66. The fourth-order valence-corrected chi connectivity index (χ4v) is 3.03. The topological polar surface area (TPSA) is 98.9 Å². The molecular formula is C17H20N6O2. The number of anilines is 1. The molecule has 1 aromatic carbocycles. The van der Waals surface area contributed by atoms with Gasteiger partial charge in [-0.3, -0.25) is 14.8 Å². The van der Waals surface area contributed by atoms with Crippen LogP contribution in [0.1, 0.15) is 12.5 Å². The lowest BCUT2D eigenvalue weighted by molar-refractivity contribution is -0.114. The van der Waals surface area contributed by atoms with E-state index in [1.54, 1.807) is 6.20 Å². The first-order valence-electron chi connectivity index (χ1n) is 8.29. The third kappa shape index (κ3) is 3.40. The summed E-state index contributed by atoms with van der Waals surface area (Å²) in [6.45, 7) is 5.85. The highest BCUT2D eigenvalue weighted by Gasteiger charge is 2.15. The molecule has 0 radical (unpaired) electrons. The molecule has 2 aromatic heterocycles. The lowest BCUT2D eigenvalue weighted by atomic mass is 10.2. The van der Waals surface area contributed by atoms with Crippen molar-refractivity contribution in [3.8, 4) is 11.5 Å². The molecule has 0 atom stereocenters. The Hall–Kier alpha value is -2.71. The Labute approximate surface area is 144 Å². The Morgan fingerprint density at radius 2 is 2.20 bits per heavy atom. The maximum absolute atomic E-state index is 11.3. The van der Waals surface area contributed by atoms with Gasteiger partial charge >= 0.3 is 0 Å². The molecule has 1 fully saturated rings. The van der Waals surface area contributed by atoms with Crippen molar-refractivity contribution in [2.24, 2.45) is 0 Å². The summed E-state index contributed by atoms with van der Waals surface area (Å²) in [5.74, 6) is 0.482. The molecule has 25 heavy (non-hydrogen) atoms. The van der Waals surface area contributed by atoms with Crippen LogP contribution in [0.15, 0.2) is 24.4 Å². The molecule has 1 aliphatic heterocycles. The van der Waals surface area contributed by atoms with E-state index in [-0.39, 0.29) is 5.91 Å². The minimum atomic E-state index is -0.147. The van der Waals surface area contributed by atoms with Crippen molar-refractivity contribution in [1.29, 1.82) is 0 Å². The van der Waals surface area contributed by atoms with Crippen LogP contribution in [-0.4, -0.2) is 57.3 Å². The Morgan fingerprint density at radius 3 is 3.00 bits per heavy atom. The number of imidazole rings is 1. The summed E-state index contributed by atoms with van der Waals surface area (Å²) in [6, 6.07) is 6.24. The van der Waals surface area contributed by atoms with Gasteiger partial charge in [-0.2, -0.15) is 5.10 Å². The van der Waals surface area contributed by atoms with Crippen molar-refractivity contribution in [2.75, 3.05) is 31.6 Å². The SMILES string of the molecule is CC(=O)Nc1c[nH]nc1-c1nc2cc(CN3CCOCC3)ccc2[nH]1. The van der Waals surface area contributed by atoms with E-state index in [9.17, 15) is 4.79 Å². The first-order chi connectivity index (χ1) is 12.2. The van der Waals surface area contributed by atoms with Gasteiger partial charge in [0.1, 0.15) is 0 Å². The van der Waals surface area contributed by atoms with E-state index < -0.39 is 0 Å². The summed E-state index contributed by atoms with van der Waals surface area (Å²) in [4.78, 5) is 21.6. The van der Waals surface area contributed by atoms with E-state index in [0.717, 1.165) is 43.9 Å². The van der Waals surface area contributed by atoms with Crippen LogP contribution in [-0.2, 0) is 16.1 Å². The van der Waals surface area contributed by atoms with Gasteiger partial charge in [-0.15, -0.1) is 0 Å². The number of fused-ring (bicyclic) bond motifs is 1. The molecule has 8 heteroatoms. The first kappa shape index (κ1) is 15.8. The number of rotatable bonds is 4. The fourth-order valence-electron chi connectivity index (χ4n) is 3.03. The number of nitrogens with one attached hydrogen (secondary N) is 3. The van der Waals surface area contributed by atoms with Gasteiger partial charge in [0.25, 0.3) is 0 Å². The van der Waals surface area contributed by atoms with Gasteiger partial charge in [0, 0.05) is 32.8 Å². The average molecular weight is 340 g/mol. The number of hydrogen-bond donors (Lipinski definition) is 3. The van der Waals surface area contributed by atoms with Crippen molar-refractivity contribution < 1.29 is 9.53 Å². The molecule has 130 valence electrons. The maximum atomic E-state index is 11.3. The van der Waals surface area contributed by atoms with Crippen LogP contribution in [0.3, 0.4) is 0 Å². The second-order valence-corrected chi connectivity index (χ2v) is 6.15. The number of ether oxygens (including phenoxy) is 1. The normalized spacial score (nSPS) is 15.6. The van der Waals surface area contributed by atoms with Crippen LogP contribution in [0.5, 0.6) is 0 Å². The molecule has 0 saturated carbocycles. The van der Waals surface area contributed by atoms with E-state index in [1.807, 2.05) is 6.07 Å². The summed E-state index contributed by atoms with van der Waals surface area (Å²) < 4.78 is 5.39. The molecule has 1 amide bonds. The van der Waals surface area contributed by atoms with Gasteiger partial charge in [0.2, 0.25) is 5.91 Å². The second-order valence-electron chi connectivity index (χ2n) is 6.15. The number of H-pyrrole nitrogens is 2. The summed E-state index contributed by atoms with van der Waals surface area (Å²) >= 11 is 0. The number of carbonyl (C=O) groups is 1. The molecule has 3 aromatic rings. The highest BCUT2D eigenvalue weighted by atomic mass is 16.5. The van der Waals surface area contributed by atoms with Crippen LogP contribution in [0.2, 0.25) is 0 Å². The summed E-state index contributed by atoms with van der Waals surface area (Å²) in [5, 5.41) is 9.71. The Kier molecular flexibility index (Phi) is 4.21. The summed E-state index contributed by atoms with van der Waals surface area (Å²) in [5.41, 5.74) is 4.26. The van der Waals surface area contributed by atoms with Crippen molar-refractivity contribution in [1.82, 2.24) is 25.1 Å². The van der Waals surface area contributed by atoms with E-state index >= 15 is 0 Å². The number of amides is 1. The maximum Gasteiger partial charge on any atom is 0.221 e. The number of nitrogens with zero attached hydrogens (tertiary/aromatic N) is 3. The lowest BCUT2D eigenvalue weighted by Gasteiger charge is -2.26. The zero-order chi connectivity index (χ0) is 17.2. The van der Waals surface area contributed by atoms with E-state index in [1.165, 1.54) is 12.5 Å². The molecule has 0 bridgehead atoms. The molecule has 8 nitrogen and oxygen atoms in total. The quantitative estimate of drug-likeness (QED) is 0.672. The molecule has 0 unspecified atom stereocenters. The van der Waals surface area contributed by atoms with Gasteiger partial charge in [-0.25, -0.2) is 4.98 Å². The zero-order valence-electron chi connectivity index (χ0n) is 14.0. The van der Waals surface area contributed by atoms with Crippen LogP contribution in [0.4, 0.5) is 5.69 Å². The molecule has 0 aliphatic carbocycles. The van der Waals surface area contributed by atoms with Crippen LogP contribution in [0.25, 0.3) is 22.6 Å². The minimum Gasteiger partial charge on any atom is -0.379 e. The van der Waals surface area contributed by atoms with Gasteiger partial charge < -0.3 is 15.0 Å². The highest BCUT2D eigenvalue weighted by Crippen LogP contribution is 2.26. The highest BCUT2D eigenvalue weighted by molar-refractivity contribution is 5.93. The molecule has 1 aliphatic rings. The van der Waals surface area contributed by atoms with E-state index in [2.05, 4.69) is 42.5 Å². The number of benzene rings is 1. The number of morpholine rings is 1. The standard InChI is InChI=1S/C17H20N6O2/c1-11(24)19-15-9-18-22-16(15)17-20-13-3-2-12(8-14(13)21-17)10-23-4-6-25-7-5-23/h2-3,8-9H,4-7,10H2,1H3,(H,18,22)(H,19,24)(H,20,21). The van der Waals surface area contributed by atoms with Gasteiger partial charge in [0.15, 0.2) is 11.5 Å². The van der Waals surface area contributed by atoms with Crippen LogP contribution < -0.4 is 5.32 Å². The largest absolute Gasteiger partial charge is 0.379 e. The predicted molar refractivity (Wildman–Crippen MR) is 94.1 cm³/mol. The van der Waals surface area contributed by atoms with Crippen LogP contribution >= 0.6 is 0 Å². The number of hydrogen-bond acceptors (Lipinski definition) is 5. The molecule has 4 rings (SSSR count). The monoisotopic (exact) mass is 340 g/mol. The van der Waals surface area contributed by atoms with E-state index in [4.69, 9.17) is 4.74 Å². The Bertz CT molecular complexity index is 894. The third-order valence-corrected chi connectivity index (χ3v) is 4.23. The lowest BCUT2D eigenvalue weighted by Crippen LogP contribution is -2.35. The molecular weight excluding hydrogens is 320 g/mol. The fraction of sp³-hybridized carbons (Fsp3) is 0.353. The zero-order valence-corrected chi connectivity index (χ0v) is 14.0. The summed E-state index contributed by atoms with van der Waals surface area (Å²) in [7, 11) is 0. The van der Waals surface area contributed by atoms with Crippen molar-refractivity contribution >= 4 is 22.6 Å². The third-order valence-electron chi connectivity index (χ3n) is 4.23. The number of aromatic amines is 2. The first-order valence-corrected chi connectivity index (χ1v) is 8.29. The molecule has 1 saturated heterocycles. The minimum absolute atomic E-state index is 0.147. The van der Waals surface area contributed by atoms with Crippen molar-refractivity contribution in [2.45, 2.75) is 13.5 Å². The summed E-state index contributed by atoms with van der Waals surface area (Å²) in [6.07, 6.45) is 1.65. The molecule has 0 spiro atoms. The van der Waals surface area contributed by atoms with Crippen LogP contribution in [0, 0.1) is 0 Å². The average Bonchev–Trinajstić information content (AvgIpc) is 3.21. The van der Waals surface area contributed by atoms with Gasteiger partial charge in [-0.05, 0) is 17.7 Å². The van der Waals surface area contributed by atoms with Crippen molar-refractivity contribution in [3.63, 3.8) is 0 Å². The Morgan fingerprint density at radius 1 is 1.36 bits per heavy atom. The van der Waals surface area contributed by atoms with E-state index in [0.29, 0.717) is 17.2 Å². The molecule has 3 heterocycles. The van der Waals surface area contributed by atoms with Gasteiger partial charge in [-0.1, -0.05) is 6.07 Å².